The summed E-state index contributed by atoms with van der Waals surface area (Å²) < 4.78 is 0. The Balaban J connectivity index is 3.08. The van der Waals surface area contributed by atoms with Crippen LogP contribution in [-0.4, -0.2) is 16.2 Å². The van der Waals surface area contributed by atoms with E-state index >= 15 is 0 Å². The van der Waals surface area contributed by atoms with Crippen molar-refractivity contribution in [2.75, 3.05) is 0 Å². The Morgan fingerprint density at radius 2 is 1.88 bits per heavy atom. The number of rotatable bonds is 3. The molecule has 0 radical (unpaired) electrons. The second-order valence-corrected chi connectivity index (χ2v) is 4.95. The molecule has 0 unspecified atom stereocenters. The van der Waals surface area contributed by atoms with E-state index in [0.29, 0.717) is 5.56 Å². The first-order valence-corrected chi connectivity index (χ1v) is 5.31. The molecule has 0 saturated heterocycles. The van der Waals surface area contributed by atoms with Crippen LogP contribution in [0.3, 0.4) is 0 Å². The minimum atomic E-state index is -0.990. The highest BCUT2D eigenvalue weighted by atomic mass is 16.4. The van der Waals surface area contributed by atoms with Crippen molar-refractivity contribution in [3.63, 3.8) is 0 Å². The number of aliphatic carboxylic acids is 1. The number of aliphatic hydroxyl groups is 1. The second-order valence-electron chi connectivity index (χ2n) is 4.95. The van der Waals surface area contributed by atoms with Crippen LogP contribution in [0.5, 0.6) is 0 Å². The topological polar surface area (TPSA) is 57.5 Å². The van der Waals surface area contributed by atoms with Gasteiger partial charge in [-0.3, -0.25) is 4.79 Å². The van der Waals surface area contributed by atoms with Gasteiger partial charge in [0.25, 0.3) is 0 Å². The average molecular weight is 222 g/mol. The fourth-order valence-electron chi connectivity index (χ4n) is 1.75. The molecule has 88 valence electrons. The van der Waals surface area contributed by atoms with Crippen LogP contribution in [0, 0.1) is 0 Å². The van der Waals surface area contributed by atoms with Gasteiger partial charge in [0.05, 0.1) is 12.5 Å². The fourth-order valence-corrected chi connectivity index (χ4v) is 1.75. The van der Waals surface area contributed by atoms with E-state index < -0.39 is 12.1 Å². The van der Waals surface area contributed by atoms with Gasteiger partial charge in [0.2, 0.25) is 0 Å². The van der Waals surface area contributed by atoms with Gasteiger partial charge in [-0.1, -0.05) is 45.0 Å². The van der Waals surface area contributed by atoms with Gasteiger partial charge in [0.1, 0.15) is 0 Å². The van der Waals surface area contributed by atoms with E-state index in [4.69, 9.17) is 5.11 Å². The third kappa shape index (κ3) is 3.07. The van der Waals surface area contributed by atoms with Gasteiger partial charge in [0, 0.05) is 0 Å². The highest BCUT2D eigenvalue weighted by molar-refractivity contribution is 5.67. The van der Waals surface area contributed by atoms with Crippen molar-refractivity contribution in [1.29, 1.82) is 0 Å². The lowest BCUT2D eigenvalue weighted by atomic mass is 9.82. The van der Waals surface area contributed by atoms with Crippen molar-refractivity contribution in [1.82, 2.24) is 0 Å². The number of carboxylic acids is 1. The summed E-state index contributed by atoms with van der Waals surface area (Å²) in [5.41, 5.74) is 1.59. The number of carbonyl (C=O) groups is 1. The van der Waals surface area contributed by atoms with Crippen molar-refractivity contribution < 1.29 is 15.0 Å². The molecular weight excluding hydrogens is 204 g/mol. The monoisotopic (exact) mass is 222 g/mol. The summed E-state index contributed by atoms with van der Waals surface area (Å²) in [6.07, 6.45) is -1.19. The molecule has 0 aliphatic carbocycles. The summed E-state index contributed by atoms with van der Waals surface area (Å²) in [6.45, 7) is 6.12. The van der Waals surface area contributed by atoms with Gasteiger partial charge in [-0.2, -0.15) is 0 Å². The molecule has 0 bridgehead atoms. The number of carboxylic acid groups (broad SMARTS) is 1. The molecule has 0 spiro atoms. The quantitative estimate of drug-likeness (QED) is 0.826. The molecule has 1 atom stereocenters. The lowest BCUT2D eigenvalue weighted by Crippen LogP contribution is -2.17. The number of benzene rings is 1. The molecule has 2 N–H and O–H groups in total. The van der Waals surface area contributed by atoms with Crippen LogP contribution in [0.25, 0.3) is 0 Å². The Hall–Kier alpha value is -1.35. The summed E-state index contributed by atoms with van der Waals surface area (Å²) in [5, 5.41) is 18.5. The molecule has 1 aromatic rings. The van der Waals surface area contributed by atoms with Gasteiger partial charge in [-0.25, -0.2) is 0 Å². The second kappa shape index (κ2) is 4.66. The third-order valence-corrected chi connectivity index (χ3v) is 2.50. The maximum Gasteiger partial charge on any atom is 0.306 e. The van der Waals surface area contributed by atoms with Crippen molar-refractivity contribution in [3.05, 3.63) is 35.4 Å². The van der Waals surface area contributed by atoms with Crippen molar-refractivity contribution >= 4 is 5.97 Å². The average Bonchev–Trinajstić information content (AvgIpc) is 2.15. The smallest absolute Gasteiger partial charge is 0.306 e. The molecule has 1 rings (SSSR count). The maximum atomic E-state index is 10.6. The summed E-state index contributed by atoms with van der Waals surface area (Å²) in [7, 11) is 0. The number of aliphatic hydroxyl groups excluding tert-OH is 1. The van der Waals surface area contributed by atoms with Crippen molar-refractivity contribution in [2.45, 2.75) is 38.7 Å². The van der Waals surface area contributed by atoms with Gasteiger partial charge < -0.3 is 10.2 Å². The lowest BCUT2D eigenvalue weighted by molar-refractivity contribution is -0.139. The van der Waals surface area contributed by atoms with Crippen LogP contribution in [0.1, 0.15) is 44.4 Å². The minimum Gasteiger partial charge on any atom is -0.481 e. The van der Waals surface area contributed by atoms with E-state index in [1.54, 1.807) is 6.07 Å². The standard InChI is InChI=1S/C13H18O3/c1-13(2,3)10-7-5-4-6-9(10)11(14)8-12(15)16/h4-7,11,14H,8H2,1-3H3,(H,15,16)/t11-/m0/s1. The van der Waals surface area contributed by atoms with E-state index in [1.807, 2.05) is 39.0 Å². The van der Waals surface area contributed by atoms with Crippen molar-refractivity contribution in [2.24, 2.45) is 0 Å². The van der Waals surface area contributed by atoms with E-state index in [0.717, 1.165) is 5.56 Å². The zero-order valence-electron chi connectivity index (χ0n) is 9.90. The highest BCUT2D eigenvalue weighted by Crippen LogP contribution is 2.30. The zero-order chi connectivity index (χ0) is 12.3. The SMILES string of the molecule is CC(C)(C)c1ccccc1[C@@H](O)CC(=O)O. The molecule has 1 aromatic carbocycles. The van der Waals surface area contributed by atoms with Crippen LogP contribution >= 0.6 is 0 Å². The van der Waals surface area contributed by atoms with E-state index in [-0.39, 0.29) is 11.8 Å². The van der Waals surface area contributed by atoms with Gasteiger partial charge in [-0.05, 0) is 16.5 Å². The zero-order valence-corrected chi connectivity index (χ0v) is 9.90. The molecule has 0 aliphatic heterocycles. The Morgan fingerprint density at radius 1 is 1.31 bits per heavy atom. The van der Waals surface area contributed by atoms with Gasteiger partial charge in [-0.15, -0.1) is 0 Å². The van der Waals surface area contributed by atoms with Crippen molar-refractivity contribution in [3.8, 4) is 0 Å². The van der Waals surface area contributed by atoms with Crippen LogP contribution in [0.4, 0.5) is 0 Å². The largest absolute Gasteiger partial charge is 0.481 e. The predicted octanol–water partition coefficient (Wildman–Crippen LogP) is 2.49. The first-order chi connectivity index (χ1) is 7.32. The summed E-state index contributed by atoms with van der Waals surface area (Å²) in [5.74, 6) is -0.990. The van der Waals surface area contributed by atoms with E-state index in [1.165, 1.54) is 0 Å². The Bertz CT molecular complexity index is 377. The van der Waals surface area contributed by atoms with Gasteiger partial charge in [0.15, 0.2) is 0 Å². The lowest BCUT2D eigenvalue weighted by Gasteiger charge is -2.24. The Labute approximate surface area is 95.7 Å². The molecule has 0 saturated carbocycles. The molecular formula is C13H18O3. The van der Waals surface area contributed by atoms with Gasteiger partial charge >= 0.3 is 5.97 Å². The van der Waals surface area contributed by atoms with Crippen LogP contribution < -0.4 is 0 Å². The van der Waals surface area contributed by atoms with E-state index in [2.05, 4.69) is 0 Å². The first-order valence-electron chi connectivity index (χ1n) is 5.31. The predicted molar refractivity (Wildman–Crippen MR) is 62.4 cm³/mol. The summed E-state index contributed by atoms with van der Waals surface area (Å²) in [6, 6.07) is 7.43. The fraction of sp³-hybridized carbons (Fsp3) is 0.462. The van der Waals surface area contributed by atoms with Crippen LogP contribution in [-0.2, 0) is 10.2 Å². The highest BCUT2D eigenvalue weighted by Gasteiger charge is 2.22. The molecule has 16 heavy (non-hydrogen) atoms. The molecule has 0 aliphatic rings. The third-order valence-electron chi connectivity index (χ3n) is 2.50. The minimum absolute atomic E-state index is 0.101. The molecule has 0 fully saturated rings. The molecule has 3 nitrogen and oxygen atoms in total. The maximum absolute atomic E-state index is 10.6. The molecule has 0 aromatic heterocycles. The van der Waals surface area contributed by atoms with E-state index in [9.17, 15) is 9.90 Å². The van der Waals surface area contributed by atoms with Crippen LogP contribution in [0.2, 0.25) is 0 Å². The molecule has 0 amide bonds. The number of hydrogen-bond acceptors (Lipinski definition) is 2. The number of hydrogen-bond donors (Lipinski definition) is 2. The summed E-state index contributed by atoms with van der Waals surface area (Å²) in [4.78, 5) is 10.6. The molecule has 3 heteroatoms. The Kier molecular flexibility index (Phi) is 3.70. The first kappa shape index (κ1) is 12.7. The normalized spacial score (nSPS) is 13.5. The summed E-state index contributed by atoms with van der Waals surface area (Å²) >= 11 is 0. The molecule has 0 heterocycles. The van der Waals surface area contributed by atoms with Crippen LogP contribution in [0.15, 0.2) is 24.3 Å². The Morgan fingerprint density at radius 3 is 2.38 bits per heavy atom.